The number of hydrogen-bond donors (Lipinski definition) is 1. The molecule has 1 aromatic carbocycles. The molecule has 0 aromatic heterocycles. The lowest BCUT2D eigenvalue weighted by Gasteiger charge is -2.12. The van der Waals surface area contributed by atoms with Crippen molar-refractivity contribution >= 4 is 16.5 Å². The Morgan fingerprint density at radius 3 is 2.47 bits per heavy atom. The highest BCUT2D eigenvalue weighted by Crippen LogP contribution is 2.31. The van der Waals surface area contributed by atoms with Gasteiger partial charge in [-0.15, -0.1) is 0 Å². The average molecular weight is 297 g/mol. The molecule has 0 saturated heterocycles. The number of alkyl halides is 3. The molecule has 0 amide bonds. The number of anilines is 1. The number of rotatable bonds is 5. The summed E-state index contributed by atoms with van der Waals surface area (Å²) in [7, 11) is -0.972. The minimum atomic E-state index is -4.55. The fraction of sp³-hybridized carbons (Fsp3) is 0.500. The van der Waals surface area contributed by atoms with Crippen LogP contribution in [-0.2, 0) is 17.0 Å². The second-order valence-electron chi connectivity index (χ2n) is 4.22. The van der Waals surface area contributed by atoms with Gasteiger partial charge in [0, 0.05) is 28.9 Å². The molecule has 0 spiro atoms. The summed E-state index contributed by atoms with van der Waals surface area (Å²) in [5, 5.41) is 2.65. The summed E-state index contributed by atoms with van der Waals surface area (Å²) in [6, 6.07) is 2.35. The lowest BCUT2D eigenvalue weighted by molar-refractivity contribution is -0.137. The van der Waals surface area contributed by atoms with Crippen LogP contribution in [0.3, 0.4) is 0 Å². The third-order valence-corrected chi connectivity index (χ3v) is 4.10. The molecule has 1 N–H and O–H groups in total. The van der Waals surface area contributed by atoms with Crippen LogP contribution in [0.1, 0.15) is 18.9 Å². The van der Waals surface area contributed by atoms with Gasteiger partial charge in [-0.3, -0.25) is 4.21 Å². The van der Waals surface area contributed by atoms with E-state index in [0.717, 1.165) is 12.1 Å². The van der Waals surface area contributed by atoms with Crippen molar-refractivity contribution in [2.75, 3.05) is 18.1 Å². The summed E-state index contributed by atoms with van der Waals surface area (Å²) in [4.78, 5) is 0. The number of halogens is 4. The fourth-order valence-electron chi connectivity index (χ4n) is 1.41. The van der Waals surface area contributed by atoms with Crippen molar-refractivity contribution in [3.63, 3.8) is 0 Å². The first kappa shape index (κ1) is 15.9. The van der Waals surface area contributed by atoms with Crippen LogP contribution in [0, 0.1) is 5.82 Å². The maximum absolute atomic E-state index is 13.4. The molecule has 0 fully saturated rings. The van der Waals surface area contributed by atoms with Crippen LogP contribution < -0.4 is 5.32 Å². The van der Waals surface area contributed by atoms with Gasteiger partial charge in [0.25, 0.3) is 0 Å². The molecular weight excluding hydrogens is 282 g/mol. The van der Waals surface area contributed by atoms with Crippen LogP contribution in [0.5, 0.6) is 0 Å². The number of nitrogens with one attached hydrogen (secondary N) is 1. The van der Waals surface area contributed by atoms with E-state index in [-0.39, 0.29) is 10.9 Å². The average Bonchev–Trinajstić information content (AvgIpc) is 2.29. The predicted molar refractivity (Wildman–Crippen MR) is 68.0 cm³/mol. The second-order valence-corrected chi connectivity index (χ2v) is 6.02. The first-order valence-corrected chi connectivity index (χ1v) is 7.26. The Bertz CT molecular complexity index is 462. The van der Waals surface area contributed by atoms with Crippen molar-refractivity contribution in [1.82, 2.24) is 0 Å². The van der Waals surface area contributed by atoms with Crippen molar-refractivity contribution < 1.29 is 21.8 Å². The van der Waals surface area contributed by atoms with Gasteiger partial charge < -0.3 is 5.32 Å². The van der Waals surface area contributed by atoms with Gasteiger partial charge in [-0.05, 0) is 24.6 Å². The van der Waals surface area contributed by atoms with E-state index < -0.39 is 28.4 Å². The molecule has 0 radical (unpaired) electrons. The maximum Gasteiger partial charge on any atom is 0.416 e. The molecular formula is C12H15F4NOS. The van der Waals surface area contributed by atoms with Crippen LogP contribution in [0.25, 0.3) is 0 Å². The molecule has 2 atom stereocenters. The maximum atomic E-state index is 13.4. The van der Waals surface area contributed by atoms with Crippen LogP contribution in [0.4, 0.5) is 23.2 Å². The molecule has 0 aliphatic rings. The molecule has 19 heavy (non-hydrogen) atoms. The van der Waals surface area contributed by atoms with Crippen molar-refractivity contribution in [1.29, 1.82) is 0 Å². The number of benzene rings is 1. The zero-order chi connectivity index (χ0) is 14.6. The molecule has 0 heterocycles. The lowest BCUT2D eigenvalue weighted by atomic mass is 10.2. The highest BCUT2D eigenvalue weighted by atomic mass is 32.2. The third-order valence-electron chi connectivity index (χ3n) is 2.73. The zero-order valence-corrected chi connectivity index (χ0v) is 11.4. The van der Waals surface area contributed by atoms with Gasteiger partial charge in [0.1, 0.15) is 5.82 Å². The lowest BCUT2D eigenvalue weighted by Crippen LogP contribution is -2.15. The Labute approximate surface area is 111 Å². The summed E-state index contributed by atoms with van der Waals surface area (Å²) in [6.07, 6.45) is -2.43. The minimum Gasteiger partial charge on any atom is -0.383 e. The molecule has 1 rings (SSSR count). The van der Waals surface area contributed by atoms with E-state index in [1.807, 2.05) is 0 Å². The van der Waals surface area contributed by atoms with Gasteiger partial charge >= 0.3 is 6.18 Å². The highest BCUT2D eigenvalue weighted by Gasteiger charge is 2.31. The number of hydrogen-bond acceptors (Lipinski definition) is 2. The molecule has 2 unspecified atom stereocenters. The second kappa shape index (κ2) is 6.36. The minimum absolute atomic E-state index is 0.0158. The molecule has 1 aromatic rings. The molecule has 7 heteroatoms. The Morgan fingerprint density at radius 2 is 2.00 bits per heavy atom. The smallest absolute Gasteiger partial charge is 0.383 e. The summed E-state index contributed by atoms with van der Waals surface area (Å²) < 4.78 is 61.5. The summed E-state index contributed by atoms with van der Waals surface area (Å²) in [6.45, 7) is 2.14. The van der Waals surface area contributed by atoms with Crippen LogP contribution >= 0.6 is 0 Å². The van der Waals surface area contributed by atoms with E-state index in [4.69, 9.17) is 0 Å². The molecule has 0 saturated carbocycles. The largest absolute Gasteiger partial charge is 0.416 e. The van der Waals surface area contributed by atoms with Gasteiger partial charge in [0.15, 0.2) is 0 Å². The standard InChI is InChI=1S/C12H15F4NOS/c1-8(19(2)18)5-6-17-11-4-3-9(7-10(11)13)12(14,15)16/h3-4,7-8,17H,5-6H2,1-2H3. The summed E-state index contributed by atoms with van der Waals surface area (Å²) in [5.74, 6) is -0.944. The van der Waals surface area contributed by atoms with Crippen molar-refractivity contribution in [2.24, 2.45) is 0 Å². The van der Waals surface area contributed by atoms with Crippen molar-refractivity contribution in [3.05, 3.63) is 29.6 Å². The Hall–Kier alpha value is -1.11. The van der Waals surface area contributed by atoms with E-state index in [9.17, 15) is 21.8 Å². The Kier molecular flexibility index (Phi) is 5.34. The third kappa shape index (κ3) is 4.81. The Morgan fingerprint density at radius 1 is 1.37 bits per heavy atom. The first-order chi connectivity index (χ1) is 8.71. The van der Waals surface area contributed by atoms with Gasteiger partial charge in [0.05, 0.1) is 11.3 Å². The monoisotopic (exact) mass is 297 g/mol. The van der Waals surface area contributed by atoms with E-state index in [2.05, 4.69) is 5.32 Å². The van der Waals surface area contributed by atoms with E-state index in [1.54, 1.807) is 13.2 Å². The molecule has 0 aliphatic heterocycles. The molecule has 108 valence electrons. The van der Waals surface area contributed by atoms with Crippen molar-refractivity contribution in [2.45, 2.75) is 24.8 Å². The van der Waals surface area contributed by atoms with Crippen molar-refractivity contribution in [3.8, 4) is 0 Å². The molecule has 2 nitrogen and oxygen atoms in total. The molecule has 0 bridgehead atoms. The van der Waals surface area contributed by atoms with E-state index in [0.29, 0.717) is 19.0 Å². The topological polar surface area (TPSA) is 29.1 Å². The summed E-state index contributed by atoms with van der Waals surface area (Å²) in [5.41, 5.74) is -0.999. The normalized spacial score (nSPS) is 15.1. The van der Waals surface area contributed by atoms with Gasteiger partial charge in [0.2, 0.25) is 0 Å². The molecule has 0 aliphatic carbocycles. The van der Waals surface area contributed by atoms with Crippen LogP contribution in [0.2, 0.25) is 0 Å². The van der Waals surface area contributed by atoms with Crippen LogP contribution in [0.15, 0.2) is 18.2 Å². The highest BCUT2D eigenvalue weighted by molar-refractivity contribution is 7.84. The SMILES string of the molecule is CC(CCNc1ccc(C(F)(F)F)cc1F)S(C)=O. The van der Waals surface area contributed by atoms with Crippen LogP contribution in [-0.4, -0.2) is 22.3 Å². The zero-order valence-electron chi connectivity index (χ0n) is 10.6. The predicted octanol–water partition coefficient (Wildman–Crippen LogP) is 3.41. The van der Waals surface area contributed by atoms with E-state index in [1.165, 1.54) is 0 Å². The Balaban J connectivity index is 2.63. The quantitative estimate of drug-likeness (QED) is 0.844. The summed E-state index contributed by atoms with van der Waals surface area (Å²) >= 11 is 0. The first-order valence-electron chi connectivity index (χ1n) is 5.64. The van der Waals surface area contributed by atoms with Gasteiger partial charge in [-0.2, -0.15) is 13.2 Å². The van der Waals surface area contributed by atoms with Gasteiger partial charge in [-0.1, -0.05) is 6.92 Å². The van der Waals surface area contributed by atoms with E-state index >= 15 is 0 Å². The van der Waals surface area contributed by atoms with Gasteiger partial charge in [-0.25, -0.2) is 4.39 Å². The fourth-order valence-corrected chi connectivity index (χ4v) is 1.86.